The summed E-state index contributed by atoms with van der Waals surface area (Å²) in [5, 5.41) is -0.707. The molecule has 22 heavy (non-hydrogen) atoms. The molecule has 0 bridgehead atoms. The Morgan fingerprint density at radius 3 is 2.73 bits per heavy atom. The smallest absolute Gasteiger partial charge is 0.199 e. The monoisotopic (exact) mass is 319 g/mol. The first-order chi connectivity index (χ1) is 10.7. The molecule has 2 rings (SSSR count). The number of rotatable bonds is 7. The Labute approximate surface area is 135 Å². The van der Waals surface area contributed by atoms with E-state index < -0.39 is 5.38 Å². The number of hydrogen-bond donors (Lipinski definition) is 0. The van der Waals surface area contributed by atoms with Crippen LogP contribution in [-0.4, -0.2) is 29.9 Å². The van der Waals surface area contributed by atoms with Gasteiger partial charge in [0, 0.05) is 6.20 Å². The van der Waals surface area contributed by atoms with E-state index in [4.69, 9.17) is 21.1 Å². The van der Waals surface area contributed by atoms with E-state index in [1.165, 1.54) is 0 Å². The lowest BCUT2D eigenvalue weighted by Gasteiger charge is -2.15. The number of pyridine rings is 1. The number of Topliss-reactive ketones (excluding diaryl/α,β-unsaturated/α-hetero) is 1. The first-order valence-electron chi connectivity index (χ1n) is 7.05. The lowest BCUT2D eigenvalue weighted by molar-refractivity contribution is 0.0981. The predicted molar refractivity (Wildman–Crippen MR) is 86.1 cm³/mol. The summed E-state index contributed by atoms with van der Waals surface area (Å²) in [6.45, 7) is 2.40. The van der Waals surface area contributed by atoms with E-state index in [1.807, 2.05) is 25.1 Å². The van der Waals surface area contributed by atoms with Crippen LogP contribution in [0.3, 0.4) is 0 Å². The first-order valence-corrected chi connectivity index (χ1v) is 7.49. The van der Waals surface area contributed by atoms with E-state index >= 15 is 0 Å². The number of ketones is 1. The van der Waals surface area contributed by atoms with Crippen molar-refractivity contribution in [3.63, 3.8) is 0 Å². The van der Waals surface area contributed by atoms with Crippen molar-refractivity contribution in [2.75, 3.05) is 13.7 Å². The van der Waals surface area contributed by atoms with Crippen molar-refractivity contribution in [2.45, 2.75) is 18.7 Å². The van der Waals surface area contributed by atoms with Gasteiger partial charge < -0.3 is 9.47 Å². The fourth-order valence-electron chi connectivity index (χ4n) is 2.15. The normalized spacial score (nSPS) is 11.8. The van der Waals surface area contributed by atoms with Crippen molar-refractivity contribution in [3.8, 4) is 11.5 Å². The van der Waals surface area contributed by atoms with Gasteiger partial charge >= 0.3 is 0 Å². The molecule has 1 aromatic carbocycles. The number of hydrogen-bond acceptors (Lipinski definition) is 4. The number of carbonyl (C=O) groups is 1. The van der Waals surface area contributed by atoms with Crippen molar-refractivity contribution >= 4 is 17.4 Å². The molecule has 0 aliphatic heterocycles. The number of carbonyl (C=O) groups excluding carboxylic acids is 1. The zero-order chi connectivity index (χ0) is 15.9. The van der Waals surface area contributed by atoms with Gasteiger partial charge in [0.2, 0.25) is 0 Å². The molecule has 0 aliphatic rings. The van der Waals surface area contributed by atoms with Gasteiger partial charge in [0.05, 0.1) is 13.7 Å². The zero-order valence-corrected chi connectivity index (χ0v) is 13.3. The average molecular weight is 320 g/mol. The minimum Gasteiger partial charge on any atom is -0.493 e. The quantitative estimate of drug-likeness (QED) is 0.578. The van der Waals surface area contributed by atoms with Crippen LogP contribution in [0.4, 0.5) is 0 Å². The van der Waals surface area contributed by atoms with Gasteiger partial charge in [0.1, 0.15) is 11.1 Å². The van der Waals surface area contributed by atoms with Gasteiger partial charge in [-0.05, 0) is 37.1 Å². The van der Waals surface area contributed by atoms with Gasteiger partial charge in [-0.25, -0.2) is 0 Å². The molecule has 1 heterocycles. The summed E-state index contributed by atoms with van der Waals surface area (Å²) < 4.78 is 10.9. The highest BCUT2D eigenvalue weighted by atomic mass is 35.5. The van der Waals surface area contributed by atoms with Gasteiger partial charge in [0.25, 0.3) is 0 Å². The Hall–Kier alpha value is -2.07. The molecule has 0 saturated carbocycles. The minimum absolute atomic E-state index is 0.201. The van der Waals surface area contributed by atoms with Crippen LogP contribution in [-0.2, 0) is 6.42 Å². The van der Waals surface area contributed by atoms with Crippen LogP contribution >= 0.6 is 11.6 Å². The van der Waals surface area contributed by atoms with Crippen LogP contribution in [0.15, 0.2) is 42.6 Å². The van der Waals surface area contributed by atoms with Crippen LogP contribution < -0.4 is 9.47 Å². The number of halogens is 1. The number of benzene rings is 1. The molecule has 1 aromatic heterocycles. The number of para-hydroxylation sites is 1. The Balaban J connectivity index is 2.21. The number of alkyl halides is 1. The molecule has 4 nitrogen and oxygen atoms in total. The van der Waals surface area contributed by atoms with E-state index in [-0.39, 0.29) is 5.78 Å². The number of ether oxygens (including phenoxy) is 2. The highest BCUT2D eigenvalue weighted by Gasteiger charge is 2.21. The third-order valence-electron chi connectivity index (χ3n) is 3.17. The maximum atomic E-state index is 12.3. The van der Waals surface area contributed by atoms with Gasteiger partial charge in [-0.2, -0.15) is 0 Å². The summed E-state index contributed by atoms with van der Waals surface area (Å²) >= 11 is 6.28. The molecule has 2 aromatic rings. The second-order valence-corrected chi connectivity index (χ2v) is 5.16. The summed E-state index contributed by atoms with van der Waals surface area (Å²) in [6, 6.07) is 10.7. The van der Waals surface area contributed by atoms with Crippen molar-refractivity contribution in [1.29, 1.82) is 0 Å². The molecule has 1 unspecified atom stereocenters. The maximum absolute atomic E-state index is 12.3. The second kappa shape index (κ2) is 7.80. The molecule has 1 atom stereocenters. The lowest BCUT2D eigenvalue weighted by atomic mass is 10.0. The van der Waals surface area contributed by atoms with Gasteiger partial charge in [-0.15, -0.1) is 11.6 Å². The number of methoxy groups -OCH3 is 1. The Kier molecular flexibility index (Phi) is 5.78. The Morgan fingerprint density at radius 1 is 1.27 bits per heavy atom. The zero-order valence-electron chi connectivity index (χ0n) is 12.6. The first kappa shape index (κ1) is 16.3. The van der Waals surface area contributed by atoms with Gasteiger partial charge in [-0.3, -0.25) is 9.78 Å². The SMILES string of the molecule is CCOc1c(CC(Cl)C(=O)c2ccccn2)cccc1OC. The van der Waals surface area contributed by atoms with Gasteiger partial charge in [-0.1, -0.05) is 18.2 Å². The van der Waals surface area contributed by atoms with E-state index in [0.29, 0.717) is 30.2 Å². The largest absolute Gasteiger partial charge is 0.493 e. The molecule has 0 spiro atoms. The van der Waals surface area contributed by atoms with Crippen LogP contribution in [0.5, 0.6) is 11.5 Å². The summed E-state index contributed by atoms with van der Waals surface area (Å²) in [5.41, 5.74) is 1.20. The lowest BCUT2D eigenvalue weighted by Crippen LogP contribution is -2.19. The Bertz CT molecular complexity index is 631. The van der Waals surface area contributed by atoms with Crippen LogP contribution in [0, 0.1) is 0 Å². The molecule has 0 N–H and O–H groups in total. The van der Waals surface area contributed by atoms with Crippen molar-refractivity contribution < 1.29 is 14.3 Å². The third-order valence-corrected chi connectivity index (χ3v) is 3.52. The minimum atomic E-state index is -0.707. The molecule has 0 radical (unpaired) electrons. The second-order valence-electron chi connectivity index (χ2n) is 4.63. The average Bonchev–Trinajstić information content (AvgIpc) is 2.56. The van der Waals surface area contributed by atoms with E-state index in [1.54, 1.807) is 31.5 Å². The molecule has 0 saturated heterocycles. The molecule has 0 amide bonds. The van der Waals surface area contributed by atoms with Crippen LogP contribution in [0.2, 0.25) is 0 Å². The van der Waals surface area contributed by atoms with Crippen LogP contribution in [0.25, 0.3) is 0 Å². The van der Waals surface area contributed by atoms with Crippen molar-refractivity contribution in [3.05, 3.63) is 53.9 Å². The fourth-order valence-corrected chi connectivity index (χ4v) is 2.42. The van der Waals surface area contributed by atoms with E-state index in [9.17, 15) is 4.79 Å². The van der Waals surface area contributed by atoms with Crippen molar-refractivity contribution in [2.24, 2.45) is 0 Å². The maximum Gasteiger partial charge on any atom is 0.199 e. The topological polar surface area (TPSA) is 48.4 Å². The van der Waals surface area contributed by atoms with Crippen LogP contribution in [0.1, 0.15) is 23.0 Å². The summed E-state index contributed by atoms with van der Waals surface area (Å²) in [6.07, 6.45) is 1.93. The highest BCUT2D eigenvalue weighted by Crippen LogP contribution is 2.32. The van der Waals surface area contributed by atoms with E-state index in [2.05, 4.69) is 4.98 Å². The van der Waals surface area contributed by atoms with Crippen molar-refractivity contribution in [1.82, 2.24) is 4.98 Å². The molecule has 0 aliphatic carbocycles. The molecule has 116 valence electrons. The highest BCUT2D eigenvalue weighted by molar-refractivity contribution is 6.33. The standard InChI is InChI=1S/C17H18ClNO3/c1-3-22-17-12(7-6-9-15(17)21-2)11-13(18)16(20)14-8-4-5-10-19-14/h4-10,13H,3,11H2,1-2H3. The van der Waals surface area contributed by atoms with E-state index in [0.717, 1.165) is 5.56 Å². The summed E-state index contributed by atoms with van der Waals surface area (Å²) in [7, 11) is 1.58. The predicted octanol–water partition coefficient (Wildman–Crippen LogP) is 3.52. The molecular formula is C17H18ClNO3. The van der Waals surface area contributed by atoms with Gasteiger partial charge in [0.15, 0.2) is 17.3 Å². The molecular weight excluding hydrogens is 302 g/mol. The number of nitrogens with zero attached hydrogens (tertiary/aromatic N) is 1. The molecule has 5 heteroatoms. The third kappa shape index (κ3) is 3.77. The fraction of sp³-hybridized carbons (Fsp3) is 0.294. The number of aromatic nitrogens is 1. The Morgan fingerprint density at radius 2 is 2.09 bits per heavy atom. The summed E-state index contributed by atoms with van der Waals surface area (Å²) in [5.74, 6) is 1.06. The molecule has 0 fully saturated rings. The summed E-state index contributed by atoms with van der Waals surface area (Å²) in [4.78, 5) is 16.4.